The van der Waals surface area contributed by atoms with Crippen LogP contribution in [0.1, 0.15) is 11.1 Å². The summed E-state index contributed by atoms with van der Waals surface area (Å²) < 4.78 is 1.53. The molecule has 3 N–H and O–H groups in total. The number of fused-ring (bicyclic) bond motifs is 1. The maximum absolute atomic E-state index is 10.8. The summed E-state index contributed by atoms with van der Waals surface area (Å²) in [6, 6.07) is 6.35. The third-order valence-corrected chi connectivity index (χ3v) is 3.66. The first-order chi connectivity index (χ1) is 9.60. The zero-order valence-electron chi connectivity index (χ0n) is 10.8. The summed E-state index contributed by atoms with van der Waals surface area (Å²) in [5, 5.41) is 8.29. The van der Waals surface area contributed by atoms with E-state index in [1.54, 1.807) is 12.4 Å². The molecule has 3 rings (SSSR count). The molecule has 0 bridgehead atoms. The molecule has 1 atom stereocenters. The van der Waals surface area contributed by atoms with Gasteiger partial charge in [0, 0.05) is 17.3 Å². The molecule has 1 heterocycles. The summed E-state index contributed by atoms with van der Waals surface area (Å²) in [6.07, 6.45) is 5.41. The van der Waals surface area contributed by atoms with Gasteiger partial charge in [0.1, 0.15) is 6.54 Å². The van der Waals surface area contributed by atoms with Crippen molar-refractivity contribution in [2.24, 2.45) is 5.73 Å². The molecule has 20 heavy (non-hydrogen) atoms. The van der Waals surface area contributed by atoms with Crippen LogP contribution in [0.4, 0.5) is 5.69 Å². The highest BCUT2D eigenvalue weighted by Gasteiger charge is 2.21. The Labute approximate surface area is 121 Å². The first kappa shape index (κ1) is 13.0. The fraction of sp³-hybridized carbons (Fsp3) is 0.286. The van der Waals surface area contributed by atoms with E-state index in [1.165, 1.54) is 15.8 Å². The SMILES string of the molecule is NC(=O)Cn1cc(NC2Cc3ccc(Cl)cc3C2)cn1. The van der Waals surface area contributed by atoms with Crippen LogP contribution in [0, 0.1) is 0 Å². The number of benzene rings is 1. The van der Waals surface area contributed by atoms with Gasteiger partial charge in [0.05, 0.1) is 11.9 Å². The first-order valence-corrected chi connectivity index (χ1v) is 6.82. The van der Waals surface area contributed by atoms with Crippen molar-refractivity contribution in [1.29, 1.82) is 0 Å². The van der Waals surface area contributed by atoms with E-state index in [-0.39, 0.29) is 6.54 Å². The molecule has 0 spiro atoms. The van der Waals surface area contributed by atoms with Crippen LogP contribution in [-0.4, -0.2) is 21.7 Å². The molecule has 1 aliphatic rings. The highest BCUT2D eigenvalue weighted by Crippen LogP contribution is 2.27. The van der Waals surface area contributed by atoms with Crippen molar-refractivity contribution in [3.8, 4) is 0 Å². The van der Waals surface area contributed by atoms with Crippen LogP contribution in [0.3, 0.4) is 0 Å². The molecule has 0 saturated heterocycles. The number of carbonyl (C=O) groups excluding carboxylic acids is 1. The van der Waals surface area contributed by atoms with Gasteiger partial charge in [-0.1, -0.05) is 17.7 Å². The smallest absolute Gasteiger partial charge is 0.239 e. The summed E-state index contributed by atoms with van der Waals surface area (Å²) in [4.78, 5) is 10.8. The molecule has 104 valence electrons. The van der Waals surface area contributed by atoms with Crippen LogP contribution in [0.15, 0.2) is 30.6 Å². The van der Waals surface area contributed by atoms with E-state index >= 15 is 0 Å². The van der Waals surface area contributed by atoms with Gasteiger partial charge >= 0.3 is 0 Å². The van der Waals surface area contributed by atoms with E-state index < -0.39 is 5.91 Å². The molecule has 1 aromatic carbocycles. The topological polar surface area (TPSA) is 72.9 Å². The van der Waals surface area contributed by atoms with Gasteiger partial charge in [-0.2, -0.15) is 5.10 Å². The number of hydrogen-bond acceptors (Lipinski definition) is 3. The summed E-state index contributed by atoms with van der Waals surface area (Å²) in [5.74, 6) is -0.400. The fourth-order valence-electron chi connectivity index (χ4n) is 2.61. The predicted octanol–water partition coefficient (Wildman–Crippen LogP) is 1.60. The molecule has 1 aromatic heterocycles. The van der Waals surface area contributed by atoms with E-state index in [4.69, 9.17) is 17.3 Å². The molecule has 6 heteroatoms. The number of nitrogens with one attached hydrogen (secondary N) is 1. The predicted molar refractivity (Wildman–Crippen MR) is 77.7 cm³/mol. The molecule has 0 aliphatic heterocycles. The Morgan fingerprint density at radius 3 is 3.05 bits per heavy atom. The quantitative estimate of drug-likeness (QED) is 0.898. The van der Waals surface area contributed by atoms with Crippen molar-refractivity contribution in [3.63, 3.8) is 0 Å². The Hall–Kier alpha value is -2.01. The average molecular weight is 291 g/mol. The van der Waals surface area contributed by atoms with Crippen LogP contribution in [0.25, 0.3) is 0 Å². The number of halogens is 1. The lowest BCUT2D eigenvalue weighted by molar-refractivity contribution is -0.118. The Balaban J connectivity index is 1.65. The second-order valence-corrected chi connectivity index (χ2v) is 5.49. The van der Waals surface area contributed by atoms with E-state index in [1.807, 2.05) is 12.1 Å². The van der Waals surface area contributed by atoms with Crippen molar-refractivity contribution in [2.75, 3.05) is 5.32 Å². The Kier molecular flexibility index (Phi) is 3.36. The van der Waals surface area contributed by atoms with Crippen LogP contribution >= 0.6 is 11.6 Å². The number of rotatable bonds is 4. The zero-order valence-corrected chi connectivity index (χ0v) is 11.6. The molecular formula is C14H15ClN4O. The second kappa shape index (κ2) is 5.17. The second-order valence-electron chi connectivity index (χ2n) is 5.06. The van der Waals surface area contributed by atoms with Crippen LogP contribution in [0.2, 0.25) is 5.02 Å². The molecule has 5 nitrogen and oxygen atoms in total. The molecule has 1 aliphatic carbocycles. The minimum atomic E-state index is -0.400. The van der Waals surface area contributed by atoms with E-state index in [0.29, 0.717) is 6.04 Å². The number of anilines is 1. The number of hydrogen-bond donors (Lipinski definition) is 2. The van der Waals surface area contributed by atoms with E-state index in [2.05, 4.69) is 16.5 Å². The minimum absolute atomic E-state index is 0.0994. The van der Waals surface area contributed by atoms with Gasteiger partial charge in [0.2, 0.25) is 5.91 Å². The number of carbonyl (C=O) groups is 1. The lowest BCUT2D eigenvalue weighted by Crippen LogP contribution is -2.20. The monoisotopic (exact) mass is 290 g/mol. The first-order valence-electron chi connectivity index (χ1n) is 6.45. The van der Waals surface area contributed by atoms with E-state index in [0.717, 1.165) is 23.6 Å². The molecule has 0 radical (unpaired) electrons. The lowest BCUT2D eigenvalue weighted by Gasteiger charge is -2.10. The number of amides is 1. The maximum atomic E-state index is 10.8. The third-order valence-electron chi connectivity index (χ3n) is 3.42. The van der Waals surface area contributed by atoms with Crippen molar-refractivity contribution in [1.82, 2.24) is 9.78 Å². The Morgan fingerprint density at radius 1 is 1.45 bits per heavy atom. The number of nitrogens with two attached hydrogens (primary N) is 1. The van der Waals surface area contributed by atoms with Crippen molar-refractivity contribution >= 4 is 23.2 Å². The van der Waals surface area contributed by atoms with E-state index in [9.17, 15) is 4.79 Å². The van der Waals surface area contributed by atoms with Gasteiger partial charge in [-0.3, -0.25) is 9.48 Å². The number of nitrogens with zero attached hydrogens (tertiary/aromatic N) is 2. The van der Waals surface area contributed by atoms with Gasteiger partial charge in [0.25, 0.3) is 0 Å². The van der Waals surface area contributed by atoms with Crippen molar-refractivity contribution in [2.45, 2.75) is 25.4 Å². The van der Waals surface area contributed by atoms with Gasteiger partial charge in [-0.25, -0.2) is 0 Å². The van der Waals surface area contributed by atoms with Crippen molar-refractivity contribution in [3.05, 3.63) is 46.7 Å². The molecule has 0 fully saturated rings. The average Bonchev–Trinajstić information content (AvgIpc) is 2.95. The highest BCUT2D eigenvalue weighted by atomic mass is 35.5. The molecule has 2 aromatic rings. The molecule has 1 amide bonds. The molecular weight excluding hydrogens is 276 g/mol. The largest absolute Gasteiger partial charge is 0.379 e. The third kappa shape index (κ3) is 2.77. The van der Waals surface area contributed by atoms with Gasteiger partial charge < -0.3 is 11.1 Å². The molecule has 1 unspecified atom stereocenters. The fourth-order valence-corrected chi connectivity index (χ4v) is 2.80. The summed E-state index contributed by atoms with van der Waals surface area (Å²) >= 11 is 6.01. The van der Waals surface area contributed by atoms with Crippen LogP contribution in [-0.2, 0) is 24.2 Å². The van der Waals surface area contributed by atoms with Gasteiger partial charge in [0.15, 0.2) is 0 Å². The molecule has 0 saturated carbocycles. The normalized spacial score (nSPS) is 16.9. The standard InChI is InChI=1S/C14H15ClN4O/c15-11-2-1-9-4-12(5-10(9)3-11)18-13-6-17-19(7-13)8-14(16)20/h1-3,6-7,12,18H,4-5,8H2,(H2,16,20). The summed E-state index contributed by atoms with van der Waals surface area (Å²) in [5.41, 5.74) is 8.66. The summed E-state index contributed by atoms with van der Waals surface area (Å²) in [6.45, 7) is 0.0994. The maximum Gasteiger partial charge on any atom is 0.239 e. The Morgan fingerprint density at radius 2 is 2.25 bits per heavy atom. The van der Waals surface area contributed by atoms with Gasteiger partial charge in [-0.15, -0.1) is 0 Å². The zero-order chi connectivity index (χ0) is 14.1. The highest BCUT2D eigenvalue weighted by molar-refractivity contribution is 6.30. The number of aromatic nitrogens is 2. The minimum Gasteiger partial charge on any atom is -0.379 e. The number of primary amides is 1. The van der Waals surface area contributed by atoms with Crippen LogP contribution < -0.4 is 11.1 Å². The van der Waals surface area contributed by atoms with Crippen molar-refractivity contribution < 1.29 is 4.79 Å². The van der Waals surface area contributed by atoms with Crippen LogP contribution in [0.5, 0.6) is 0 Å². The van der Waals surface area contributed by atoms with Gasteiger partial charge in [-0.05, 0) is 36.1 Å². The Bertz CT molecular complexity index is 652. The summed E-state index contributed by atoms with van der Waals surface area (Å²) in [7, 11) is 0. The lowest BCUT2D eigenvalue weighted by atomic mass is 10.1.